The van der Waals surface area contributed by atoms with Gasteiger partial charge in [-0.2, -0.15) is 0 Å². The van der Waals surface area contributed by atoms with E-state index in [4.69, 9.17) is 4.74 Å². The monoisotopic (exact) mass is 1260 g/mol. The average molecular weight is 1260 g/mol. The molecular formula is C84H159NO5. The van der Waals surface area contributed by atoms with E-state index < -0.39 is 12.1 Å². The highest BCUT2D eigenvalue weighted by molar-refractivity contribution is 5.76. The second kappa shape index (κ2) is 79.3. The molecule has 0 heterocycles. The van der Waals surface area contributed by atoms with Crippen molar-refractivity contribution in [2.24, 2.45) is 0 Å². The van der Waals surface area contributed by atoms with Crippen LogP contribution in [0.3, 0.4) is 0 Å². The predicted molar refractivity (Wildman–Crippen MR) is 398 cm³/mol. The van der Waals surface area contributed by atoms with Gasteiger partial charge in [-0.05, 0) is 89.9 Å². The van der Waals surface area contributed by atoms with Crippen LogP contribution in [0, 0.1) is 0 Å². The first-order chi connectivity index (χ1) is 44.5. The van der Waals surface area contributed by atoms with Gasteiger partial charge in [-0.3, -0.25) is 9.59 Å². The molecule has 0 radical (unpaired) electrons. The summed E-state index contributed by atoms with van der Waals surface area (Å²) in [7, 11) is 0. The smallest absolute Gasteiger partial charge is 0.305 e. The first-order valence-corrected chi connectivity index (χ1v) is 40.9. The average Bonchev–Trinajstić information content (AvgIpc) is 3.61. The fourth-order valence-electron chi connectivity index (χ4n) is 12.8. The van der Waals surface area contributed by atoms with Gasteiger partial charge in [0.15, 0.2) is 0 Å². The molecule has 2 unspecified atom stereocenters. The van der Waals surface area contributed by atoms with E-state index in [0.717, 1.165) is 51.4 Å². The molecule has 0 aromatic carbocycles. The Kier molecular flexibility index (Phi) is 77.3. The molecule has 0 rings (SSSR count). The minimum absolute atomic E-state index is 0.00656. The molecule has 0 aromatic heterocycles. The maximum atomic E-state index is 12.6. The Balaban J connectivity index is 3.41. The van der Waals surface area contributed by atoms with E-state index in [1.165, 1.54) is 372 Å². The summed E-state index contributed by atoms with van der Waals surface area (Å²) in [6.45, 7) is 4.94. The number of amides is 1. The van der Waals surface area contributed by atoms with Crippen molar-refractivity contribution in [3.8, 4) is 0 Å². The van der Waals surface area contributed by atoms with Crippen LogP contribution in [0.1, 0.15) is 450 Å². The van der Waals surface area contributed by atoms with E-state index in [-0.39, 0.29) is 18.5 Å². The molecule has 0 fully saturated rings. The number of carbonyl (C=O) groups is 2. The standard InChI is InChI=1S/C84H159NO5/c1-3-5-7-9-11-13-15-17-19-20-21-22-23-33-36-39-42-45-49-52-56-60-64-68-72-76-82(87)81(80-86)85-83(88)77-73-69-65-61-57-53-50-46-43-40-37-34-31-29-27-25-24-26-28-30-32-35-38-41-44-47-51-55-59-63-67-71-75-79-90-84(89)78-74-70-66-62-58-54-48-18-16-14-12-10-8-6-4-2/h18,28,30,35,38,48,72,76,81-82,86-87H,3-17,19-27,29,31-34,36-37,39-47,49-71,73-75,77-80H2,1-2H3,(H,85,88)/b30-28-,38-35-,48-18-,76-72+. The third-order valence-corrected chi connectivity index (χ3v) is 19.1. The van der Waals surface area contributed by atoms with Crippen LogP contribution in [0.4, 0.5) is 0 Å². The molecule has 90 heavy (non-hydrogen) atoms. The maximum Gasteiger partial charge on any atom is 0.305 e. The van der Waals surface area contributed by atoms with E-state index in [1.807, 2.05) is 6.08 Å². The van der Waals surface area contributed by atoms with Crippen molar-refractivity contribution in [2.75, 3.05) is 13.2 Å². The molecule has 0 aliphatic heterocycles. The second-order valence-electron chi connectivity index (χ2n) is 28.1. The summed E-state index contributed by atoms with van der Waals surface area (Å²) in [5.74, 6) is -0.0547. The van der Waals surface area contributed by atoms with Gasteiger partial charge in [0.1, 0.15) is 0 Å². The highest BCUT2D eigenvalue weighted by Crippen LogP contribution is 2.20. The topological polar surface area (TPSA) is 95.9 Å². The molecule has 0 aliphatic carbocycles. The zero-order valence-corrected chi connectivity index (χ0v) is 60.9. The lowest BCUT2D eigenvalue weighted by atomic mass is 10.0. The van der Waals surface area contributed by atoms with Crippen molar-refractivity contribution in [2.45, 2.75) is 463 Å². The number of nitrogens with one attached hydrogen (secondary N) is 1. The van der Waals surface area contributed by atoms with Crippen molar-refractivity contribution in [3.05, 3.63) is 48.6 Å². The number of aliphatic hydroxyl groups excluding tert-OH is 2. The van der Waals surface area contributed by atoms with E-state index >= 15 is 0 Å². The molecule has 0 aromatic rings. The summed E-state index contributed by atoms with van der Waals surface area (Å²) >= 11 is 0. The van der Waals surface area contributed by atoms with Gasteiger partial charge < -0.3 is 20.3 Å². The lowest BCUT2D eigenvalue weighted by Crippen LogP contribution is -2.45. The third kappa shape index (κ3) is 74.9. The molecule has 3 N–H and O–H groups in total. The Bertz CT molecular complexity index is 1500. The molecule has 0 saturated carbocycles. The van der Waals surface area contributed by atoms with Crippen molar-refractivity contribution in [1.82, 2.24) is 5.32 Å². The van der Waals surface area contributed by atoms with Crippen molar-refractivity contribution >= 4 is 11.9 Å². The summed E-state index contributed by atoms with van der Waals surface area (Å²) in [4.78, 5) is 24.6. The Morgan fingerprint density at radius 3 is 0.856 bits per heavy atom. The molecular weight excluding hydrogens is 1100 g/mol. The number of hydrogen-bond acceptors (Lipinski definition) is 5. The molecule has 530 valence electrons. The SMILES string of the molecule is CCCCCCCC/C=C\CCCCCCCC(=O)OCCCCCCCCCCC/C=C\C/C=C\CCCCCCCCCCCCCCCCCCCC(=O)NC(CO)C(O)/C=C/CCCCCCCCCCCCCCCCCCCCCCCCC. The van der Waals surface area contributed by atoms with Crippen LogP contribution in [0.2, 0.25) is 0 Å². The van der Waals surface area contributed by atoms with Crippen molar-refractivity contribution in [3.63, 3.8) is 0 Å². The number of aliphatic hydroxyl groups is 2. The number of esters is 1. The molecule has 0 saturated heterocycles. The van der Waals surface area contributed by atoms with Crippen molar-refractivity contribution in [1.29, 1.82) is 0 Å². The highest BCUT2D eigenvalue weighted by atomic mass is 16.5. The lowest BCUT2D eigenvalue weighted by Gasteiger charge is -2.20. The zero-order chi connectivity index (χ0) is 64.9. The maximum absolute atomic E-state index is 12.6. The van der Waals surface area contributed by atoms with Gasteiger partial charge in [0, 0.05) is 12.8 Å². The summed E-state index contributed by atoms with van der Waals surface area (Å²) in [6.07, 6.45) is 105. The zero-order valence-electron chi connectivity index (χ0n) is 60.9. The molecule has 6 heteroatoms. The third-order valence-electron chi connectivity index (χ3n) is 19.1. The van der Waals surface area contributed by atoms with E-state index in [2.05, 4.69) is 55.6 Å². The van der Waals surface area contributed by atoms with Crippen LogP contribution in [0.25, 0.3) is 0 Å². The normalized spacial score (nSPS) is 12.7. The summed E-state index contributed by atoms with van der Waals surface area (Å²) in [6, 6.07) is -0.629. The van der Waals surface area contributed by atoms with E-state index in [9.17, 15) is 19.8 Å². The Morgan fingerprint density at radius 2 is 0.556 bits per heavy atom. The van der Waals surface area contributed by atoms with Gasteiger partial charge in [0.25, 0.3) is 0 Å². The first-order valence-electron chi connectivity index (χ1n) is 40.9. The second-order valence-corrected chi connectivity index (χ2v) is 28.1. The van der Waals surface area contributed by atoms with E-state index in [0.29, 0.717) is 19.4 Å². The fourth-order valence-corrected chi connectivity index (χ4v) is 12.8. The fraction of sp³-hybridized carbons (Fsp3) is 0.881. The van der Waals surface area contributed by atoms with Gasteiger partial charge in [0.2, 0.25) is 5.91 Å². The Labute approximate surface area is 563 Å². The quantitative estimate of drug-likeness (QED) is 0.0320. The lowest BCUT2D eigenvalue weighted by molar-refractivity contribution is -0.143. The van der Waals surface area contributed by atoms with E-state index in [1.54, 1.807) is 6.08 Å². The molecule has 1 amide bonds. The van der Waals surface area contributed by atoms with Crippen LogP contribution in [0.5, 0.6) is 0 Å². The minimum Gasteiger partial charge on any atom is -0.466 e. The highest BCUT2D eigenvalue weighted by Gasteiger charge is 2.18. The summed E-state index contributed by atoms with van der Waals surface area (Å²) in [5.41, 5.74) is 0. The van der Waals surface area contributed by atoms with Crippen LogP contribution in [-0.4, -0.2) is 47.4 Å². The Morgan fingerprint density at radius 1 is 0.311 bits per heavy atom. The number of carbonyl (C=O) groups excluding carboxylic acids is 2. The molecule has 0 bridgehead atoms. The number of ether oxygens (including phenoxy) is 1. The molecule has 6 nitrogen and oxygen atoms in total. The summed E-state index contributed by atoms with van der Waals surface area (Å²) < 4.78 is 5.49. The molecule has 0 spiro atoms. The number of unbranched alkanes of at least 4 members (excludes halogenated alkanes) is 60. The van der Waals surface area contributed by atoms with Gasteiger partial charge in [0.05, 0.1) is 25.4 Å². The number of hydrogen-bond donors (Lipinski definition) is 3. The predicted octanol–water partition coefficient (Wildman–Crippen LogP) is 27.2. The summed E-state index contributed by atoms with van der Waals surface area (Å²) in [5, 5.41) is 23.3. The van der Waals surface area contributed by atoms with Crippen LogP contribution >= 0.6 is 0 Å². The van der Waals surface area contributed by atoms with Gasteiger partial charge in [-0.1, -0.05) is 396 Å². The first kappa shape index (κ1) is 87.8. The minimum atomic E-state index is -0.846. The Hall–Kier alpha value is -2.18. The van der Waals surface area contributed by atoms with Crippen molar-refractivity contribution < 1.29 is 24.5 Å². The molecule has 2 atom stereocenters. The number of allylic oxidation sites excluding steroid dienone is 7. The van der Waals surface area contributed by atoms with Gasteiger partial charge in [-0.15, -0.1) is 0 Å². The van der Waals surface area contributed by atoms with Gasteiger partial charge in [-0.25, -0.2) is 0 Å². The number of rotatable bonds is 77. The van der Waals surface area contributed by atoms with Crippen LogP contribution in [0.15, 0.2) is 48.6 Å². The van der Waals surface area contributed by atoms with Gasteiger partial charge >= 0.3 is 5.97 Å². The largest absolute Gasteiger partial charge is 0.466 e. The van der Waals surface area contributed by atoms with Crippen LogP contribution < -0.4 is 5.32 Å². The molecule has 0 aliphatic rings. The van der Waals surface area contributed by atoms with Crippen LogP contribution in [-0.2, 0) is 14.3 Å².